The lowest BCUT2D eigenvalue weighted by Gasteiger charge is -2.09. The van der Waals surface area contributed by atoms with E-state index in [2.05, 4.69) is 0 Å². The number of amides is 1. The summed E-state index contributed by atoms with van der Waals surface area (Å²) < 4.78 is 42.5. The van der Waals surface area contributed by atoms with Crippen molar-refractivity contribution in [1.82, 2.24) is 10.3 Å². The van der Waals surface area contributed by atoms with Crippen molar-refractivity contribution < 1.29 is 27.3 Å². The first kappa shape index (κ1) is 18.3. The molecular formula is C14H12FN3O6S. The maximum absolute atomic E-state index is 13.5. The number of nitrogens with zero attached hydrogens (tertiary/aromatic N) is 1. The Labute approximate surface area is 141 Å². The minimum atomic E-state index is -4.32. The van der Waals surface area contributed by atoms with Gasteiger partial charge in [0, 0.05) is 6.07 Å². The summed E-state index contributed by atoms with van der Waals surface area (Å²) in [7, 11) is -3.12. The fourth-order valence-corrected chi connectivity index (χ4v) is 2.72. The van der Waals surface area contributed by atoms with Crippen molar-refractivity contribution in [3.63, 3.8) is 0 Å². The number of hydrazine groups is 1. The minimum Gasteiger partial charge on any atom is -0.490 e. The third-order valence-electron chi connectivity index (χ3n) is 3.07. The smallest absolute Gasteiger partial charge is 0.312 e. The van der Waals surface area contributed by atoms with Crippen molar-refractivity contribution in [2.75, 3.05) is 7.11 Å². The van der Waals surface area contributed by atoms with Gasteiger partial charge in [0.25, 0.3) is 15.9 Å². The van der Waals surface area contributed by atoms with Gasteiger partial charge in [0.05, 0.1) is 22.5 Å². The Morgan fingerprint density at radius 2 is 1.92 bits per heavy atom. The van der Waals surface area contributed by atoms with Gasteiger partial charge in [-0.15, -0.1) is 4.83 Å². The molecule has 0 saturated heterocycles. The van der Waals surface area contributed by atoms with E-state index in [1.165, 1.54) is 19.2 Å². The highest BCUT2D eigenvalue weighted by Crippen LogP contribution is 2.29. The van der Waals surface area contributed by atoms with Crippen LogP contribution in [0, 0.1) is 15.9 Å². The number of benzene rings is 2. The van der Waals surface area contributed by atoms with E-state index >= 15 is 0 Å². The number of ether oxygens (including phenoxy) is 1. The van der Waals surface area contributed by atoms with Crippen LogP contribution in [0.1, 0.15) is 10.4 Å². The first-order valence-corrected chi connectivity index (χ1v) is 8.13. The Morgan fingerprint density at radius 1 is 1.24 bits per heavy atom. The van der Waals surface area contributed by atoms with E-state index in [4.69, 9.17) is 4.74 Å². The van der Waals surface area contributed by atoms with Gasteiger partial charge in [0.2, 0.25) is 0 Å². The largest absolute Gasteiger partial charge is 0.490 e. The first-order valence-electron chi connectivity index (χ1n) is 6.65. The van der Waals surface area contributed by atoms with E-state index in [1.54, 1.807) is 4.83 Å². The number of carbonyl (C=O) groups is 1. The summed E-state index contributed by atoms with van der Waals surface area (Å²) in [5, 5.41) is 10.9. The predicted molar refractivity (Wildman–Crippen MR) is 83.8 cm³/mol. The fraction of sp³-hybridized carbons (Fsp3) is 0.0714. The van der Waals surface area contributed by atoms with Crippen LogP contribution in [0.15, 0.2) is 47.4 Å². The fourth-order valence-electron chi connectivity index (χ4n) is 1.86. The van der Waals surface area contributed by atoms with Gasteiger partial charge in [-0.1, -0.05) is 12.1 Å². The molecule has 0 spiro atoms. The Kier molecular flexibility index (Phi) is 5.29. The predicted octanol–water partition coefficient (Wildman–Crippen LogP) is 1.37. The van der Waals surface area contributed by atoms with Gasteiger partial charge in [-0.25, -0.2) is 12.8 Å². The van der Waals surface area contributed by atoms with Crippen molar-refractivity contribution in [1.29, 1.82) is 0 Å². The normalized spacial score (nSPS) is 11.0. The number of nitro groups is 1. The molecule has 0 fully saturated rings. The minimum absolute atomic E-state index is 0.126. The van der Waals surface area contributed by atoms with Gasteiger partial charge < -0.3 is 4.74 Å². The Morgan fingerprint density at radius 3 is 2.52 bits per heavy atom. The molecule has 0 aliphatic rings. The highest BCUT2D eigenvalue weighted by atomic mass is 32.2. The van der Waals surface area contributed by atoms with Crippen LogP contribution in [0.4, 0.5) is 10.1 Å². The molecule has 2 aromatic rings. The summed E-state index contributed by atoms with van der Waals surface area (Å²) in [5.41, 5.74) is 0.904. The van der Waals surface area contributed by atoms with Gasteiger partial charge in [-0.05, 0) is 24.3 Å². The molecule has 0 heterocycles. The second-order valence-electron chi connectivity index (χ2n) is 4.63. The topological polar surface area (TPSA) is 128 Å². The Balaban J connectivity index is 2.22. The number of nitrogens with one attached hydrogen (secondary N) is 2. The molecule has 0 atom stereocenters. The molecule has 2 rings (SSSR count). The summed E-state index contributed by atoms with van der Waals surface area (Å²) in [5.74, 6) is -1.98. The maximum atomic E-state index is 13.5. The van der Waals surface area contributed by atoms with E-state index in [9.17, 15) is 27.7 Å². The lowest BCUT2D eigenvalue weighted by molar-refractivity contribution is -0.386. The molecule has 2 aromatic carbocycles. The first-order chi connectivity index (χ1) is 11.8. The van der Waals surface area contributed by atoms with Crippen molar-refractivity contribution >= 4 is 21.6 Å². The molecular weight excluding hydrogens is 357 g/mol. The van der Waals surface area contributed by atoms with Crippen LogP contribution < -0.4 is 15.0 Å². The van der Waals surface area contributed by atoms with Crippen LogP contribution in [0.3, 0.4) is 0 Å². The average molecular weight is 369 g/mol. The Hall–Kier alpha value is -3.05. The van der Waals surface area contributed by atoms with E-state index in [-0.39, 0.29) is 11.3 Å². The third-order valence-corrected chi connectivity index (χ3v) is 4.32. The van der Waals surface area contributed by atoms with Crippen molar-refractivity contribution in [2.45, 2.75) is 4.90 Å². The maximum Gasteiger partial charge on any atom is 0.312 e. The van der Waals surface area contributed by atoms with Crippen LogP contribution >= 0.6 is 0 Å². The highest BCUT2D eigenvalue weighted by molar-refractivity contribution is 7.89. The number of nitro benzene ring substituents is 1. The lowest BCUT2D eigenvalue weighted by Crippen LogP contribution is -2.41. The van der Waals surface area contributed by atoms with Crippen molar-refractivity contribution in [2.24, 2.45) is 0 Å². The van der Waals surface area contributed by atoms with Gasteiger partial charge in [-0.2, -0.15) is 0 Å². The van der Waals surface area contributed by atoms with Crippen molar-refractivity contribution in [3.05, 3.63) is 64.0 Å². The molecule has 0 aromatic heterocycles. The van der Waals surface area contributed by atoms with E-state index < -0.39 is 37.3 Å². The summed E-state index contributed by atoms with van der Waals surface area (Å²) in [4.78, 5) is 23.2. The SMILES string of the molecule is COc1ccc(S(=O)(=O)NNC(=O)c2ccccc2F)cc1[N+](=O)[O-]. The van der Waals surface area contributed by atoms with Crippen LogP contribution in [0.2, 0.25) is 0 Å². The molecule has 0 bridgehead atoms. The zero-order valence-electron chi connectivity index (χ0n) is 12.7. The number of hydrogen-bond acceptors (Lipinski definition) is 6. The van der Waals surface area contributed by atoms with Gasteiger partial charge in [0.1, 0.15) is 5.82 Å². The molecule has 2 N–H and O–H groups in total. The molecule has 132 valence electrons. The average Bonchev–Trinajstić information content (AvgIpc) is 2.59. The second-order valence-corrected chi connectivity index (χ2v) is 6.31. The molecule has 0 radical (unpaired) electrons. The monoisotopic (exact) mass is 369 g/mol. The number of halogens is 1. The molecule has 0 saturated carbocycles. The second kappa shape index (κ2) is 7.23. The van der Waals surface area contributed by atoms with Crippen molar-refractivity contribution in [3.8, 4) is 5.75 Å². The molecule has 0 aliphatic heterocycles. The zero-order chi connectivity index (χ0) is 18.6. The van der Waals surface area contributed by atoms with E-state index in [0.717, 1.165) is 30.3 Å². The summed E-state index contributed by atoms with van der Waals surface area (Å²) >= 11 is 0. The van der Waals surface area contributed by atoms with E-state index in [0.29, 0.717) is 0 Å². The van der Waals surface area contributed by atoms with Gasteiger partial charge >= 0.3 is 5.69 Å². The van der Waals surface area contributed by atoms with Crippen LogP contribution in [0.5, 0.6) is 5.75 Å². The summed E-state index contributed by atoms with van der Waals surface area (Å²) in [6.45, 7) is 0. The van der Waals surface area contributed by atoms with E-state index in [1.807, 2.05) is 5.43 Å². The number of sulfonamides is 1. The molecule has 9 nitrogen and oxygen atoms in total. The molecule has 11 heteroatoms. The summed E-state index contributed by atoms with van der Waals surface area (Å²) in [6, 6.07) is 7.91. The number of methoxy groups -OCH3 is 1. The molecule has 0 aliphatic carbocycles. The molecule has 0 unspecified atom stereocenters. The standard InChI is InChI=1S/C14H12FN3O6S/c1-24-13-7-6-9(8-12(13)18(20)21)25(22,23)17-16-14(19)10-4-2-3-5-11(10)15/h2-8,17H,1H3,(H,16,19). The highest BCUT2D eigenvalue weighted by Gasteiger charge is 2.23. The summed E-state index contributed by atoms with van der Waals surface area (Å²) in [6.07, 6.45) is 0. The zero-order valence-corrected chi connectivity index (χ0v) is 13.5. The van der Waals surface area contributed by atoms with Gasteiger partial charge in [-0.3, -0.25) is 20.3 Å². The third kappa shape index (κ3) is 4.08. The quantitative estimate of drug-likeness (QED) is 0.585. The molecule has 25 heavy (non-hydrogen) atoms. The Bertz CT molecular complexity index is 932. The van der Waals surface area contributed by atoms with Crippen LogP contribution in [0.25, 0.3) is 0 Å². The lowest BCUT2D eigenvalue weighted by atomic mass is 10.2. The van der Waals surface area contributed by atoms with Crippen LogP contribution in [-0.2, 0) is 10.0 Å². The number of rotatable bonds is 6. The molecule has 1 amide bonds. The van der Waals surface area contributed by atoms with Gasteiger partial charge in [0.15, 0.2) is 5.75 Å². The number of hydrogen-bond donors (Lipinski definition) is 2. The number of carbonyl (C=O) groups excluding carboxylic acids is 1. The van der Waals surface area contributed by atoms with Crippen LogP contribution in [-0.4, -0.2) is 26.4 Å².